The predicted octanol–water partition coefficient (Wildman–Crippen LogP) is 2.07. The standard InChI is InChI=1S/C10H11N3O/c11-8-5-4-7-9(12-8)13-10(14-7)6-2-1-3-6/h4-6H,1-3H2,(H2,11,12). The molecule has 0 aliphatic heterocycles. The lowest BCUT2D eigenvalue weighted by Gasteiger charge is -2.21. The summed E-state index contributed by atoms with van der Waals surface area (Å²) in [6, 6.07) is 3.56. The molecule has 3 rings (SSSR count). The maximum atomic E-state index is 5.60. The first-order valence-corrected chi connectivity index (χ1v) is 4.86. The second-order valence-corrected chi connectivity index (χ2v) is 3.74. The van der Waals surface area contributed by atoms with Gasteiger partial charge in [0.2, 0.25) is 5.65 Å². The van der Waals surface area contributed by atoms with E-state index in [0.717, 1.165) is 11.5 Å². The minimum absolute atomic E-state index is 0.492. The summed E-state index contributed by atoms with van der Waals surface area (Å²) in [6.45, 7) is 0. The fourth-order valence-corrected chi connectivity index (χ4v) is 1.68. The molecule has 1 aliphatic rings. The smallest absolute Gasteiger partial charge is 0.200 e. The van der Waals surface area contributed by atoms with E-state index in [-0.39, 0.29) is 0 Å². The molecule has 0 amide bonds. The van der Waals surface area contributed by atoms with E-state index in [0.29, 0.717) is 17.4 Å². The van der Waals surface area contributed by atoms with Gasteiger partial charge in [0, 0.05) is 5.92 Å². The maximum absolute atomic E-state index is 5.60. The molecular formula is C10H11N3O. The van der Waals surface area contributed by atoms with Crippen LogP contribution >= 0.6 is 0 Å². The van der Waals surface area contributed by atoms with E-state index in [1.54, 1.807) is 6.07 Å². The summed E-state index contributed by atoms with van der Waals surface area (Å²) in [5.41, 5.74) is 6.93. The predicted molar refractivity (Wildman–Crippen MR) is 52.8 cm³/mol. The van der Waals surface area contributed by atoms with Crippen LogP contribution in [0, 0.1) is 0 Å². The fourth-order valence-electron chi connectivity index (χ4n) is 1.68. The van der Waals surface area contributed by atoms with Crippen LogP contribution in [-0.2, 0) is 0 Å². The van der Waals surface area contributed by atoms with Crippen LogP contribution in [0.5, 0.6) is 0 Å². The van der Waals surface area contributed by atoms with E-state index in [4.69, 9.17) is 10.2 Å². The molecule has 0 unspecified atom stereocenters. The molecule has 0 aromatic carbocycles. The minimum atomic E-state index is 0.492. The Labute approximate surface area is 81.1 Å². The number of rotatable bonds is 1. The van der Waals surface area contributed by atoms with Crippen LogP contribution in [0.2, 0.25) is 0 Å². The molecule has 0 spiro atoms. The average molecular weight is 189 g/mol. The number of nitrogens with two attached hydrogens (primary N) is 1. The minimum Gasteiger partial charge on any atom is -0.439 e. The Morgan fingerprint density at radius 2 is 2.14 bits per heavy atom. The van der Waals surface area contributed by atoms with Gasteiger partial charge in [-0.05, 0) is 25.0 Å². The first kappa shape index (κ1) is 7.79. The Hall–Kier alpha value is -1.58. The lowest BCUT2D eigenvalue weighted by molar-refractivity contribution is 0.344. The van der Waals surface area contributed by atoms with Crippen molar-refractivity contribution in [3.05, 3.63) is 18.0 Å². The van der Waals surface area contributed by atoms with Gasteiger partial charge in [0.1, 0.15) is 5.82 Å². The highest BCUT2D eigenvalue weighted by Gasteiger charge is 2.24. The zero-order valence-corrected chi connectivity index (χ0v) is 7.73. The number of nitrogen functional groups attached to an aromatic ring is 1. The van der Waals surface area contributed by atoms with Gasteiger partial charge >= 0.3 is 0 Å². The third-order valence-corrected chi connectivity index (χ3v) is 2.75. The molecule has 2 heterocycles. The van der Waals surface area contributed by atoms with Gasteiger partial charge in [0.15, 0.2) is 11.5 Å². The van der Waals surface area contributed by atoms with Crippen molar-refractivity contribution in [2.75, 3.05) is 5.73 Å². The van der Waals surface area contributed by atoms with Gasteiger partial charge in [-0.25, -0.2) is 4.98 Å². The molecule has 0 radical (unpaired) electrons. The van der Waals surface area contributed by atoms with Crippen molar-refractivity contribution in [1.29, 1.82) is 0 Å². The highest BCUT2D eigenvalue weighted by Crippen LogP contribution is 2.36. The van der Waals surface area contributed by atoms with Crippen LogP contribution in [-0.4, -0.2) is 9.97 Å². The number of anilines is 1. The lowest BCUT2D eigenvalue weighted by Crippen LogP contribution is -2.08. The Bertz CT molecular complexity index is 473. The molecule has 1 aliphatic carbocycles. The van der Waals surface area contributed by atoms with Crippen molar-refractivity contribution in [3.63, 3.8) is 0 Å². The van der Waals surface area contributed by atoms with Gasteiger partial charge in [-0.1, -0.05) is 6.42 Å². The highest BCUT2D eigenvalue weighted by molar-refractivity contribution is 5.69. The van der Waals surface area contributed by atoms with E-state index in [1.165, 1.54) is 19.3 Å². The van der Waals surface area contributed by atoms with E-state index < -0.39 is 0 Å². The van der Waals surface area contributed by atoms with Crippen molar-refractivity contribution in [1.82, 2.24) is 9.97 Å². The lowest BCUT2D eigenvalue weighted by atomic mass is 9.85. The largest absolute Gasteiger partial charge is 0.439 e. The summed E-state index contributed by atoms with van der Waals surface area (Å²) in [4.78, 5) is 8.45. The first-order chi connectivity index (χ1) is 6.83. The third kappa shape index (κ3) is 1.07. The van der Waals surface area contributed by atoms with Crippen LogP contribution in [0.25, 0.3) is 11.2 Å². The Kier molecular flexibility index (Phi) is 1.50. The van der Waals surface area contributed by atoms with Gasteiger partial charge in [0.25, 0.3) is 0 Å². The zero-order chi connectivity index (χ0) is 9.54. The van der Waals surface area contributed by atoms with Crippen LogP contribution in [0.15, 0.2) is 16.5 Å². The van der Waals surface area contributed by atoms with Gasteiger partial charge in [-0.15, -0.1) is 0 Å². The number of oxazole rings is 1. The average Bonchev–Trinajstić information content (AvgIpc) is 2.43. The van der Waals surface area contributed by atoms with Gasteiger partial charge < -0.3 is 10.2 Å². The van der Waals surface area contributed by atoms with E-state index in [2.05, 4.69) is 9.97 Å². The van der Waals surface area contributed by atoms with E-state index >= 15 is 0 Å². The normalized spacial score (nSPS) is 17.1. The second kappa shape index (κ2) is 2.70. The van der Waals surface area contributed by atoms with Crippen molar-refractivity contribution < 1.29 is 4.42 Å². The van der Waals surface area contributed by atoms with Gasteiger partial charge in [-0.3, -0.25) is 0 Å². The van der Waals surface area contributed by atoms with Crippen molar-refractivity contribution in [2.24, 2.45) is 0 Å². The molecule has 4 heteroatoms. The number of hydrogen-bond donors (Lipinski definition) is 1. The van der Waals surface area contributed by atoms with Crippen molar-refractivity contribution in [2.45, 2.75) is 25.2 Å². The monoisotopic (exact) mass is 189 g/mol. The molecule has 2 N–H and O–H groups in total. The summed E-state index contributed by atoms with van der Waals surface area (Å²) in [5, 5.41) is 0. The third-order valence-electron chi connectivity index (χ3n) is 2.75. The number of fused-ring (bicyclic) bond motifs is 1. The Morgan fingerprint density at radius 3 is 2.86 bits per heavy atom. The first-order valence-electron chi connectivity index (χ1n) is 4.86. The number of pyridine rings is 1. The van der Waals surface area contributed by atoms with Crippen LogP contribution in [0.1, 0.15) is 31.1 Å². The van der Waals surface area contributed by atoms with Crippen LogP contribution in [0.4, 0.5) is 5.82 Å². The second-order valence-electron chi connectivity index (χ2n) is 3.74. The zero-order valence-electron chi connectivity index (χ0n) is 7.73. The fraction of sp³-hybridized carbons (Fsp3) is 0.400. The molecular weight excluding hydrogens is 178 g/mol. The van der Waals surface area contributed by atoms with Crippen LogP contribution in [0.3, 0.4) is 0 Å². The molecule has 0 bridgehead atoms. The molecule has 0 saturated heterocycles. The van der Waals surface area contributed by atoms with Crippen molar-refractivity contribution in [3.8, 4) is 0 Å². The summed E-state index contributed by atoms with van der Waals surface area (Å²) in [5.74, 6) is 1.82. The summed E-state index contributed by atoms with van der Waals surface area (Å²) >= 11 is 0. The summed E-state index contributed by atoms with van der Waals surface area (Å²) in [7, 11) is 0. The molecule has 1 fully saturated rings. The SMILES string of the molecule is Nc1ccc2oc(C3CCC3)nc2n1. The van der Waals surface area contributed by atoms with Gasteiger partial charge in [-0.2, -0.15) is 4.98 Å². The van der Waals surface area contributed by atoms with Crippen molar-refractivity contribution >= 4 is 17.0 Å². The molecule has 1 saturated carbocycles. The summed E-state index contributed by atoms with van der Waals surface area (Å²) in [6.07, 6.45) is 3.64. The van der Waals surface area contributed by atoms with E-state index in [1.807, 2.05) is 6.07 Å². The Balaban J connectivity index is 2.10. The number of hydrogen-bond acceptors (Lipinski definition) is 4. The molecule has 2 aromatic heterocycles. The maximum Gasteiger partial charge on any atom is 0.200 e. The van der Waals surface area contributed by atoms with E-state index in [9.17, 15) is 0 Å². The molecule has 14 heavy (non-hydrogen) atoms. The topological polar surface area (TPSA) is 64.9 Å². The Morgan fingerprint density at radius 1 is 1.29 bits per heavy atom. The number of aromatic nitrogens is 2. The molecule has 2 aromatic rings. The molecule has 4 nitrogen and oxygen atoms in total. The highest BCUT2D eigenvalue weighted by atomic mass is 16.3. The summed E-state index contributed by atoms with van der Waals surface area (Å²) < 4.78 is 5.60. The van der Waals surface area contributed by atoms with Gasteiger partial charge in [0.05, 0.1) is 0 Å². The molecule has 0 atom stereocenters. The van der Waals surface area contributed by atoms with Crippen LogP contribution < -0.4 is 5.73 Å². The quantitative estimate of drug-likeness (QED) is 0.745. The number of nitrogens with zero attached hydrogens (tertiary/aromatic N) is 2. The molecule has 72 valence electrons.